The molecule has 1 fully saturated rings. The Morgan fingerprint density at radius 2 is 2.12 bits per heavy atom. The zero-order valence-electron chi connectivity index (χ0n) is 9.61. The molecule has 2 aliphatic heterocycles. The van der Waals surface area contributed by atoms with Gasteiger partial charge in [-0.05, 0) is 43.4 Å². The summed E-state index contributed by atoms with van der Waals surface area (Å²) in [6, 6.07) is 9.30. The fourth-order valence-corrected chi connectivity index (χ4v) is 2.90. The molecule has 1 saturated heterocycles. The number of hydrogen-bond acceptors (Lipinski definition) is 2. The van der Waals surface area contributed by atoms with Crippen molar-refractivity contribution in [2.45, 2.75) is 37.8 Å². The maximum atomic E-state index is 6.05. The van der Waals surface area contributed by atoms with Gasteiger partial charge in [-0.3, -0.25) is 0 Å². The van der Waals surface area contributed by atoms with Crippen molar-refractivity contribution >= 4 is 0 Å². The van der Waals surface area contributed by atoms with Gasteiger partial charge in [0.25, 0.3) is 0 Å². The molecule has 1 unspecified atom stereocenters. The van der Waals surface area contributed by atoms with Crippen molar-refractivity contribution in [1.82, 2.24) is 5.32 Å². The van der Waals surface area contributed by atoms with E-state index >= 15 is 0 Å². The Morgan fingerprint density at radius 1 is 1.19 bits per heavy atom. The van der Waals surface area contributed by atoms with E-state index in [9.17, 15) is 0 Å². The number of nitrogens with one attached hydrogen (secondary N) is 1. The molecule has 1 aromatic rings. The van der Waals surface area contributed by atoms with E-state index in [4.69, 9.17) is 4.74 Å². The highest BCUT2D eigenvalue weighted by Crippen LogP contribution is 2.31. The lowest BCUT2D eigenvalue weighted by Crippen LogP contribution is -2.30. The number of fused-ring (bicyclic) bond motifs is 1. The van der Waals surface area contributed by atoms with Gasteiger partial charge in [0.1, 0.15) is 0 Å². The molecular formula is C14H19NO. The molecule has 1 aromatic carbocycles. The second-order valence-electron chi connectivity index (χ2n) is 4.80. The van der Waals surface area contributed by atoms with E-state index in [1.165, 1.54) is 30.4 Å². The number of hydrogen-bond donors (Lipinski definition) is 1. The molecule has 0 saturated carbocycles. The third-order valence-electron chi connectivity index (χ3n) is 3.71. The highest BCUT2D eigenvalue weighted by atomic mass is 16.5. The molecule has 0 aromatic heterocycles. The minimum atomic E-state index is 0.279. The van der Waals surface area contributed by atoms with E-state index in [2.05, 4.69) is 29.6 Å². The Bertz CT molecular complexity index is 358. The van der Waals surface area contributed by atoms with Crippen molar-refractivity contribution in [3.8, 4) is 0 Å². The maximum absolute atomic E-state index is 6.05. The molecule has 3 rings (SSSR count). The predicted octanol–water partition coefficient (Wildman–Crippen LogP) is 2.44. The lowest BCUT2D eigenvalue weighted by Gasteiger charge is -2.24. The quantitative estimate of drug-likeness (QED) is 0.780. The lowest BCUT2D eigenvalue weighted by atomic mass is 9.95. The van der Waals surface area contributed by atoms with Crippen molar-refractivity contribution in [1.29, 1.82) is 0 Å². The van der Waals surface area contributed by atoms with Gasteiger partial charge in [-0.1, -0.05) is 24.3 Å². The molecule has 2 heterocycles. The Morgan fingerprint density at radius 3 is 3.00 bits per heavy atom. The average Bonchev–Trinajstić information content (AvgIpc) is 2.76. The van der Waals surface area contributed by atoms with E-state index in [0.717, 1.165) is 19.6 Å². The van der Waals surface area contributed by atoms with Gasteiger partial charge >= 0.3 is 0 Å². The van der Waals surface area contributed by atoms with Crippen LogP contribution in [-0.4, -0.2) is 19.2 Å². The van der Waals surface area contributed by atoms with E-state index < -0.39 is 0 Å². The monoisotopic (exact) mass is 217 g/mol. The van der Waals surface area contributed by atoms with E-state index in [0.29, 0.717) is 6.04 Å². The molecule has 16 heavy (non-hydrogen) atoms. The minimum absolute atomic E-state index is 0.279. The van der Waals surface area contributed by atoms with Crippen LogP contribution in [0.3, 0.4) is 0 Å². The fraction of sp³-hybridized carbons (Fsp3) is 0.571. The zero-order chi connectivity index (χ0) is 10.8. The molecule has 2 nitrogen and oxygen atoms in total. The summed E-state index contributed by atoms with van der Waals surface area (Å²) in [5, 5.41) is 3.57. The Balaban J connectivity index is 1.92. The predicted molar refractivity (Wildman–Crippen MR) is 64.5 cm³/mol. The first-order valence-corrected chi connectivity index (χ1v) is 6.38. The van der Waals surface area contributed by atoms with Crippen LogP contribution in [-0.2, 0) is 11.2 Å². The highest BCUT2D eigenvalue weighted by Gasteiger charge is 2.29. The van der Waals surface area contributed by atoms with Crippen LogP contribution in [0.15, 0.2) is 24.3 Å². The third-order valence-corrected chi connectivity index (χ3v) is 3.71. The summed E-state index contributed by atoms with van der Waals surface area (Å²) in [7, 11) is 0. The minimum Gasteiger partial charge on any atom is -0.372 e. The third kappa shape index (κ3) is 1.87. The molecule has 2 aliphatic rings. The molecule has 0 radical (unpaired) electrons. The average molecular weight is 217 g/mol. The largest absolute Gasteiger partial charge is 0.372 e. The van der Waals surface area contributed by atoms with Gasteiger partial charge in [-0.2, -0.15) is 0 Å². The molecule has 1 N–H and O–H groups in total. The van der Waals surface area contributed by atoms with Crippen LogP contribution in [0.25, 0.3) is 0 Å². The van der Waals surface area contributed by atoms with Crippen LogP contribution in [0.1, 0.15) is 36.5 Å². The highest BCUT2D eigenvalue weighted by molar-refractivity contribution is 5.31. The number of aryl methyl sites for hydroxylation is 1. The number of rotatable bonds is 1. The SMILES string of the molecule is c1ccc2c(c1)CCCOC2[C@@H]1CCCN1. The van der Waals surface area contributed by atoms with Crippen LogP contribution in [0, 0.1) is 0 Å². The normalized spacial score (nSPS) is 29.8. The van der Waals surface area contributed by atoms with Gasteiger partial charge in [-0.15, -0.1) is 0 Å². The fourth-order valence-electron chi connectivity index (χ4n) is 2.90. The molecule has 2 atom stereocenters. The summed E-state index contributed by atoms with van der Waals surface area (Å²) < 4.78 is 6.05. The topological polar surface area (TPSA) is 21.3 Å². The second kappa shape index (κ2) is 4.56. The molecule has 2 heteroatoms. The Hall–Kier alpha value is -0.860. The Kier molecular flexibility index (Phi) is 2.94. The standard InChI is InChI=1S/C14H19NO/c1-2-7-12-11(5-1)6-4-10-16-14(12)13-8-3-9-15-13/h1-2,5,7,13-15H,3-4,6,8-10H2/t13-,14?/m0/s1. The molecular weight excluding hydrogens is 198 g/mol. The first-order chi connectivity index (χ1) is 7.95. The van der Waals surface area contributed by atoms with E-state index in [1.807, 2.05) is 0 Å². The van der Waals surface area contributed by atoms with Gasteiger partial charge < -0.3 is 10.1 Å². The van der Waals surface area contributed by atoms with Crippen LogP contribution in [0.4, 0.5) is 0 Å². The lowest BCUT2D eigenvalue weighted by molar-refractivity contribution is 0.0333. The van der Waals surface area contributed by atoms with Gasteiger partial charge in [0.15, 0.2) is 0 Å². The maximum Gasteiger partial charge on any atom is 0.0980 e. The van der Waals surface area contributed by atoms with Crippen molar-refractivity contribution in [2.75, 3.05) is 13.2 Å². The Labute approximate surface area is 97.0 Å². The molecule has 0 bridgehead atoms. The zero-order valence-corrected chi connectivity index (χ0v) is 9.61. The molecule has 0 amide bonds. The molecule has 86 valence electrons. The van der Waals surface area contributed by atoms with Crippen molar-refractivity contribution in [2.24, 2.45) is 0 Å². The summed E-state index contributed by atoms with van der Waals surface area (Å²) in [6.45, 7) is 2.05. The summed E-state index contributed by atoms with van der Waals surface area (Å²) >= 11 is 0. The summed E-state index contributed by atoms with van der Waals surface area (Å²) in [5.41, 5.74) is 2.90. The van der Waals surface area contributed by atoms with Gasteiger partial charge in [0.2, 0.25) is 0 Å². The van der Waals surface area contributed by atoms with Crippen LogP contribution in [0.2, 0.25) is 0 Å². The van der Waals surface area contributed by atoms with Gasteiger partial charge in [-0.25, -0.2) is 0 Å². The number of benzene rings is 1. The van der Waals surface area contributed by atoms with Crippen molar-refractivity contribution < 1.29 is 4.74 Å². The first kappa shape index (κ1) is 10.3. The molecule has 0 aliphatic carbocycles. The first-order valence-electron chi connectivity index (χ1n) is 6.38. The molecule has 0 spiro atoms. The van der Waals surface area contributed by atoms with Gasteiger partial charge in [0, 0.05) is 12.6 Å². The number of ether oxygens (including phenoxy) is 1. The van der Waals surface area contributed by atoms with Crippen molar-refractivity contribution in [3.63, 3.8) is 0 Å². The van der Waals surface area contributed by atoms with Crippen LogP contribution in [0.5, 0.6) is 0 Å². The van der Waals surface area contributed by atoms with E-state index in [1.54, 1.807) is 0 Å². The summed E-state index contributed by atoms with van der Waals surface area (Å²) in [6.07, 6.45) is 5.13. The van der Waals surface area contributed by atoms with Crippen LogP contribution >= 0.6 is 0 Å². The van der Waals surface area contributed by atoms with Gasteiger partial charge in [0.05, 0.1) is 6.10 Å². The smallest absolute Gasteiger partial charge is 0.0980 e. The summed E-state index contributed by atoms with van der Waals surface area (Å²) in [5.74, 6) is 0. The second-order valence-corrected chi connectivity index (χ2v) is 4.80. The van der Waals surface area contributed by atoms with Crippen molar-refractivity contribution in [3.05, 3.63) is 35.4 Å². The summed E-state index contributed by atoms with van der Waals surface area (Å²) in [4.78, 5) is 0. The van der Waals surface area contributed by atoms with E-state index in [-0.39, 0.29) is 6.10 Å². The van der Waals surface area contributed by atoms with Crippen LogP contribution < -0.4 is 5.32 Å².